The van der Waals surface area contributed by atoms with Crippen LogP contribution in [-0.2, 0) is 0 Å². The van der Waals surface area contributed by atoms with Crippen molar-refractivity contribution in [3.05, 3.63) is 46.4 Å². The summed E-state index contributed by atoms with van der Waals surface area (Å²) in [6, 6.07) is 6.06. The molecule has 0 saturated heterocycles. The predicted octanol–water partition coefficient (Wildman–Crippen LogP) is 1.56. The smallest absolute Gasteiger partial charge is 0.337 e. The molecule has 0 amide bonds. The molecular weight excluding hydrogens is 288 g/mol. The van der Waals surface area contributed by atoms with E-state index < -0.39 is 5.97 Å². The molecule has 0 bridgehead atoms. The van der Waals surface area contributed by atoms with E-state index in [0.717, 1.165) is 0 Å². The minimum absolute atomic E-state index is 0.00520. The van der Waals surface area contributed by atoms with Crippen LogP contribution in [0.4, 0.5) is 0 Å². The fraction of sp³-hybridized carbons (Fsp3) is 0.133. The Kier molecular flexibility index (Phi) is 3.17. The lowest BCUT2D eigenvalue weighted by Crippen LogP contribution is -2.17. The number of benzene rings is 1. The molecule has 0 aliphatic heterocycles. The van der Waals surface area contributed by atoms with Crippen LogP contribution < -0.4 is 15.0 Å². The van der Waals surface area contributed by atoms with E-state index in [9.17, 15) is 9.59 Å². The van der Waals surface area contributed by atoms with Crippen molar-refractivity contribution in [1.82, 2.24) is 9.38 Å². The Labute approximate surface area is 124 Å². The van der Waals surface area contributed by atoms with Crippen LogP contribution in [0, 0.1) is 0 Å². The fourth-order valence-electron chi connectivity index (χ4n) is 2.25. The average molecular weight is 300 g/mol. The summed E-state index contributed by atoms with van der Waals surface area (Å²) in [4.78, 5) is 28.0. The van der Waals surface area contributed by atoms with E-state index >= 15 is 0 Å². The molecule has 0 saturated carbocycles. The molecule has 0 aliphatic rings. The van der Waals surface area contributed by atoms with E-state index in [-0.39, 0.29) is 16.5 Å². The molecular formula is C15H12N2O5. The second kappa shape index (κ2) is 5.03. The predicted molar refractivity (Wildman–Crippen MR) is 79.0 cm³/mol. The van der Waals surface area contributed by atoms with Crippen LogP contribution in [0.15, 0.2) is 35.3 Å². The number of carbonyl (C=O) groups is 1. The zero-order valence-electron chi connectivity index (χ0n) is 11.9. The molecule has 22 heavy (non-hydrogen) atoms. The van der Waals surface area contributed by atoms with Crippen molar-refractivity contribution in [2.75, 3.05) is 14.2 Å². The summed E-state index contributed by atoms with van der Waals surface area (Å²) in [6.07, 6.45) is 1.25. The van der Waals surface area contributed by atoms with Gasteiger partial charge in [-0.25, -0.2) is 9.78 Å². The molecule has 7 heteroatoms. The number of pyridine rings is 1. The molecule has 0 radical (unpaired) electrons. The first-order valence-electron chi connectivity index (χ1n) is 6.36. The number of aromatic carboxylic acids is 1. The van der Waals surface area contributed by atoms with Crippen molar-refractivity contribution in [3.63, 3.8) is 0 Å². The van der Waals surface area contributed by atoms with Gasteiger partial charge in [-0.3, -0.25) is 9.20 Å². The van der Waals surface area contributed by atoms with Crippen LogP contribution in [-0.4, -0.2) is 34.7 Å². The van der Waals surface area contributed by atoms with Gasteiger partial charge in [0.15, 0.2) is 0 Å². The van der Waals surface area contributed by atoms with Gasteiger partial charge in [-0.2, -0.15) is 0 Å². The fourth-order valence-corrected chi connectivity index (χ4v) is 2.25. The molecule has 0 atom stereocenters. The first kappa shape index (κ1) is 13.9. The van der Waals surface area contributed by atoms with Crippen molar-refractivity contribution in [2.24, 2.45) is 0 Å². The van der Waals surface area contributed by atoms with Gasteiger partial charge < -0.3 is 14.6 Å². The number of fused-ring (bicyclic) bond motifs is 2. The summed E-state index contributed by atoms with van der Waals surface area (Å²) < 4.78 is 11.6. The summed E-state index contributed by atoms with van der Waals surface area (Å²) in [5.74, 6) is -0.244. The van der Waals surface area contributed by atoms with Crippen molar-refractivity contribution < 1.29 is 19.4 Å². The number of carboxylic acids is 1. The maximum absolute atomic E-state index is 12.6. The maximum Gasteiger partial charge on any atom is 0.337 e. The zero-order chi connectivity index (χ0) is 15.9. The highest BCUT2D eigenvalue weighted by atomic mass is 16.5. The Hall–Kier alpha value is -3.09. The summed E-state index contributed by atoms with van der Waals surface area (Å²) in [7, 11) is 2.96. The number of hydrogen-bond donors (Lipinski definition) is 1. The molecule has 2 aromatic heterocycles. The molecule has 0 aliphatic carbocycles. The highest BCUT2D eigenvalue weighted by Crippen LogP contribution is 2.28. The lowest BCUT2D eigenvalue weighted by atomic mass is 10.2. The topological polar surface area (TPSA) is 90.1 Å². The third-order valence-corrected chi connectivity index (χ3v) is 3.35. The van der Waals surface area contributed by atoms with Crippen LogP contribution >= 0.6 is 0 Å². The molecule has 3 rings (SSSR count). The molecule has 2 heterocycles. The Bertz CT molecular complexity index is 961. The van der Waals surface area contributed by atoms with Crippen LogP contribution in [0.3, 0.4) is 0 Å². The number of rotatable bonds is 3. The van der Waals surface area contributed by atoms with Gasteiger partial charge in [0.2, 0.25) is 0 Å². The quantitative estimate of drug-likeness (QED) is 0.738. The highest BCUT2D eigenvalue weighted by molar-refractivity contribution is 5.89. The van der Waals surface area contributed by atoms with Crippen molar-refractivity contribution in [3.8, 4) is 11.5 Å². The number of carboxylic acid groups (broad SMARTS) is 1. The first-order chi connectivity index (χ1) is 10.5. The lowest BCUT2D eigenvalue weighted by Gasteiger charge is -2.09. The van der Waals surface area contributed by atoms with Crippen LogP contribution in [0.2, 0.25) is 0 Å². The number of aromatic nitrogens is 2. The van der Waals surface area contributed by atoms with E-state index in [0.29, 0.717) is 22.7 Å². The van der Waals surface area contributed by atoms with Crippen LogP contribution in [0.1, 0.15) is 10.4 Å². The van der Waals surface area contributed by atoms with Gasteiger partial charge in [0.1, 0.15) is 22.7 Å². The maximum atomic E-state index is 12.6. The minimum atomic E-state index is -1.11. The second-order valence-electron chi connectivity index (χ2n) is 4.59. The van der Waals surface area contributed by atoms with Crippen molar-refractivity contribution >= 4 is 22.5 Å². The summed E-state index contributed by atoms with van der Waals surface area (Å²) in [5, 5.41) is 9.33. The monoisotopic (exact) mass is 300 g/mol. The molecule has 1 aromatic carbocycles. The average Bonchev–Trinajstić information content (AvgIpc) is 2.54. The standard InChI is InChI=1S/C15H12N2O5/c1-21-9-5-10-13(11(6-9)22-2)16-12-4-3-8(15(19)20)7-17(12)14(10)18/h3-7H,1-2H3,(H,19,20). The van der Waals surface area contributed by atoms with E-state index in [1.807, 2.05) is 0 Å². The molecule has 7 nitrogen and oxygen atoms in total. The molecule has 0 spiro atoms. The zero-order valence-corrected chi connectivity index (χ0v) is 11.9. The summed E-state index contributed by atoms with van der Waals surface area (Å²) in [5.41, 5.74) is 0.355. The Morgan fingerprint density at radius 1 is 1.23 bits per heavy atom. The molecule has 0 fully saturated rings. The van der Waals surface area contributed by atoms with Crippen LogP contribution in [0.5, 0.6) is 11.5 Å². The third kappa shape index (κ3) is 2.03. The van der Waals surface area contributed by atoms with Crippen molar-refractivity contribution in [1.29, 1.82) is 0 Å². The van der Waals surface area contributed by atoms with Gasteiger partial charge in [0.05, 0.1) is 25.2 Å². The number of ether oxygens (including phenoxy) is 2. The number of nitrogens with zero attached hydrogens (tertiary/aromatic N) is 2. The first-order valence-corrected chi connectivity index (χ1v) is 6.36. The Balaban J connectivity index is 2.46. The van der Waals surface area contributed by atoms with E-state index in [1.54, 1.807) is 12.1 Å². The molecule has 112 valence electrons. The van der Waals surface area contributed by atoms with Gasteiger partial charge in [-0.15, -0.1) is 0 Å². The van der Waals surface area contributed by atoms with E-state index in [2.05, 4.69) is 4.98 Å². The Morgan fingerprint density at radius 2 is 2.00 bits per heavy atom. The van der Waals surface area contributed by atoms with E-state index in [1.165, 1.54) is 36.9 Å². The van der Waals surface area contributed by atoms with Gasteiger partial charge in [0.25, 0.3) is 5.56 Å². The SMILES string of the molecule is COc1cc(OC)c2nc3ccc(C(=O)O)cn3c(=O)c2c1. The van der Waals surface area contributed by atoms with E-state index in [4.69, 9.17) is 14.6 Å². The van der Waals surface area contributed by atoms with Gasteiger partial charge in [-0.05, 0) is 18.2 Å². The molecule has 3 aromatic rings. The van der Waals surface area contributed by atoms with Gasteiger partial charge in [-0.1, -0.05) is 0 Å². The molecule has 1 N–H and O–H groups in total. The summed E-state index contributed by atoms with van der Waals surface area (Å²) in [6.45, 7) is 0. The summed E-state index contributed by atoms with van der Waals surface area (Å²) >= 11 is 0. The minimum Gasteiger partial charge on any atom is -0.497 e. The third-order valence-electron chi connectivity index (χ3n) is 3.35. The normalized spacial score (nSPS) is 10.8. The largest absolute Gasteiger partial charge is 0.497 e. The second-order valence-corrected chi connectivity index (χ2v) is 4.59. The van der Waals surface area contributed by atoms with Gasteiger partial charge >= 0.3 is 5.97 Å². The van der Waals surface area contributed by atoms with Gasteiger partial charge in [0, 0.05) is 12.3 Å². The highest BCUT2D eigenvalue weighted by Gasteiger charge is 2.13. The molecule has 0 unspecified atom stereocenters. The van der Waals surface area contributed by atoms with Crippen LogP contribution in [0.25, 0.3) is 16.6 Å². The number of hydrogen-bond acceptors (Lipinski definition) is 5. The lowest BCUT2D eigenvalue weighted by molar-refractivity contribution is 0.0696. The Morgan fingerprint density at radius 3 is 2.64 bits per heavy atom. The van der Waals surface area contributed by atoms with Crippen molar-refractivity contribution in [2.45, 2.75) is 0 Å². The number of methoxy groups -OCH3 is 2.